The number of pyridine rings is 1. The number of hydrogen-bond acceptors (Lipinski definition) is 1. The van der Waals surface area contributed by atoms with Gasteiger partial charge in [-0.1, -0.05) is 29.8 Å². The predicted molar refractivity (Wildman–Crippen MR) is 84.6 cm³/mol. The van der Waals surface area contributed by atoms with E-state index in [0.29, 0.717) is 15.8 Å². The second-order valence-corrected chi connectivity index (χ2v) is 5.33. The van der Waals surface area contributed by atoms with Crippen molar-refractivity contribution in [2.24, 2.45) is 0 Å². The first kappa shape index (κ1) is 11.5. The molecular weight excluding hydrogens is 270 g/mol. The van der Waals surface area contributed by atoms with Crippen molar-refractivity contribution in [3.63, 3.8) is 0 Å². The van der Waals surface area contributed by atoms with Crippen LogP contribution in [0.1, 0.15) is 0 Å². The third kappa shape index (κ3) is 1.62. The molecular formula is C17H10ClNO. The zero-order valence-corrected chi connectivity index (χ0v) is 11.2. The highest BCUT2D eigenvalue weighted by Gasteiger charge is 2.06. The first-order chi connectivity index (χ1) is 9.72. The van der Waals surface area contributed by atoms with Gasteiger partial charge in [-0.3, -0.25) is 4.79 Å². The van der Waals surface area contributed by atoms with Gasteiger partial charge in [0, 0.05) is 21.3 Å². The molecule has 0 atom stereocenters. The fourth-order valence-electron chi connectivity index (χ4n) is 2.64. The number of para-hydroxylation sites is 1. The molecule has 3 aromatic carbocycles. The molecule has 0 spiro atoms. The summed E-state index contributed by atoms with van der Waals surface area (Å²) in [6.45, 7) is 0. The maximum absolute atomic E-state index is 12.6. The van der Waals surface area contributed by atoms with Crippen molar-refractivity contribution < 1.29 is 0 Å². The Morgan fingerprint density at radius 2 is 1.65 bits per heavy atom. The van der Waals surface area contributed by atoms with Crippen LogP contribution in [0.2, 0.25) is 5.02 Å². The third-order valence-corrected chi connectivity index (χ3v) is 3.86. The molecule has 0 fully saturated rings. The van der Waals surface area contributed by atoms with Crippen molar-refractivity contribution in [1.82, 2.24) is 4.98 Å². The quantitative estimate of drug-likeness (QED) is 0.473. The number of aromatic amines is 1. The van der Waals surface area contributed by atoms with E-state index in [9.17, 15) is 4.79 Å². The van der Waals surface area contributed by atoms with E-state index in [1.807, 2.05) is 54.6 Å². The van der Waals surface area contributed by atoms with Gasteiger partial charge in [0.1, 0.15) is 0 Å². The Morgan fingerprint density at radius 3 is 2.55 bits per heavy atom. The summed E-state index contributed by atoms with van der Waals surface area (Å²) in [6.07, 6.45) is 0. The number of aromatic nitrogens is 1. The van der Waals surface area contributed by atoms with E-state index in [4.69, 9.17) is 11.6 Å². The third-order valence-electron chi connectivity index (χ3n) is 3.62. The Kier molecular flexibility index (Phi) is 2.35. The molecule has 0 saturated carbocycles. The Morgan fingerprint density at radius 1 is 0.800 bits per heavy atom. The SMILES string of the molecule is O=c1c2ccccc2[nH]c2cc3cc(Cl)ccc3cc12. The predicted octanol–water partition coefficient (Wildman–Crippen LogP) is 4.49. The van der Waals surface area contributed by atoms with Crippen LogP contribution < -0.4 is 5.43 Å². The van der Waals surface area contributed by atoms with Crippen molar-refractivity contribution in [2.75, 3.05) is 0 Å². The number of hydrogen-bond donors (Lipinski definition) is 1. The van der Waals surface area contributed by atoms with E-state index in [1.165, 1.54) is 0 Å². The topological polar surface area (TPSA) is 32.9 Å². The van der Waals surface area contributed by atoms with Gasteiger partial charge < -0.3 is 4.98 Å². The fourth-order valence-corrected chi connectivity index (χ4v) is 2.82. The Balaban J connectivity index is 2.25. The summed E-state index contributed by atoms with van der Waals surface area (Å²) in [4.78, 5) is 15.9. The van der Waals surface area contributed by atoms with Gasteiger partial charge in [-0.15, -0.1) is 0 Å². The average molecular weight is 280 g/mol. The molecule has 0 aliphatic heterocycles. The molecule has 1 heterocycles. The van der Waals surface area contributed by atoms with Gasteiger partial charge in [-0.05, 0) is 47.2 Å². The number of fused-ring (bicyclic) bond motifs is 3. The lowest BCUT2D eigenvalue weighted by Crippen LogP contribution is -2.03. The lowest BCUT2D eigenvalue weighted by Gasteiger charge is -2.05. The molecule has 1 aromatic heterocycles. The van der Waals surface area contributed by atoms with Crippen molar-refractivity contribution in [3.8, 4) is 0 Å². The van der Waals surface area contributed by atoms with Gasteiger partial charge in [0.2, 0.25) is 0 Å². The minimum Gasteiger partial charge on any atom is -0.354 e. The minimum absolute atomic E-state index is 0.0613. The summed E-state index contributed by atoms with van der Waals surface area (Å²) in [6, 6.07) is 17.1. The van der Waals surface area contributed by atoms with Crippen LogP contribution in [-0.2, 0) is 0 Å². The Hall–Kier alpha value is -2.32. The maximum Gasteiger partial charge on any atom is 0.197 e. The summed E-state index contributed by atoms with van der Waals surface area (Å²) in [5.41, 5.74) is 1.75. The van der Waals surface area contributed by atoms with Gasteiger partial charge in [0.25, 0.3) is 0 Å². The molecule has 0 aliphatic rings. The molecule has 4 aromatic rings. The average Bonchev–Trinajstić information content (AvgIpc) is 2.46. The van der Waals surface area contributed by atoms with E-state index in [2.05, 4.69) is 4.98 Å². The van der Waals surface area contributed by atoms with Gasteiger partial charge in [-0.2, -0.15) is 0 Å². The first-order valence-corrected chi connectivity index (χ1v) is 6.74. The highest BCUT2D eigenvalue weighted by atomic mass is 35.5. The molecule has 0 radical (unpaired) electrons. The molecule has 4 rings (SSSR count). The molecule has 0 saturated heterocycles. The zero-order valence-electron chi connectivity index (χ0n) is 10.5. The van der Waals surface area contributed by atoms with Crippen LogP contribution in [0.5, 0.6) is 0 Å². The van der Waals surface area contributed by atoms with Gasteiger partial charge in [0.15, 0.2) is 5.43 Å². The van der Waals surface area contributed by atoms with Crippen LogP contribution >= 0.6 is 11.6 Å². The second kappa shape index (κ2) is 4.09. The van der Waals surface area contributed by atoms with Crippen LogP contribution in [0.4, 0.5) is 0 Å². The number of benzene rings is 3. The largest absolute Gasteiger partial charge is 0.354 e. The van der Waals surface area contributed by atoms with Gasteiger partial charge in [0.05, 0.1) is 5.52 Å². The van der Waals surface area contributed by atoms with E-state index in [1.54, 1.807) is 0 Å². The van der Waals surface area contributed by atoms with Crippen molar-refractivity contribution >= 4 is 44.2 Å². The van der Waals surface area contributed by atoms with E-state index in [0.717, 1.165) is 21.8 Å². The number of H-pyrrole nitrogens is 1. The summed E-state index contributed by atoms with van der Waals surface area (Å²) in [5, 5.41) is 4.16. The Labute approximate surface area is 119 Å². The molecule has 3 heteroatoms. The van der Waals surface area contributed by atoms with E-state index < -0.39 is 0 Å². The monoisotopic (exact) mass is 279 g/mol. The first-order valence-electron chi connectivity index (χ1n) is 6.36. The lowest BCUT2D eigenvalue weighted by molar-refractivity contribution is 1.49. The van der Waals surface area contributed by atoms with Crippen LogP contribution in [0.3, 0.4) is 0 Å². The van der Waals surface area contributed by atoms with Crippen molar-refractivity contribution in [3.05, 3.63) is 69.8 Å². The van der Waals surface area contributed by atoms with Gasteiger partial charge in [-0.25, -0.2) is 0 Å². The molecule has 0 aliphatic carbocycles. The zero-order chi connectivity index (χ0) is 13.7. The van der Waals surface area contributed by atoms with Crippen LogP contribution in [0.15, 0.2) is 59.4 Å². The summed E-state index contributed by atoms with van der Waals surface area (Å²) < 4.78 is 0. The molecule has 1 N–H and O–H groups in total. The number of rotatable bonds is 0. The van der Waals surface area contributed by atoms with Crippen LogP contribution in [-0.4, -0.2) is 4.98 Å². The Bertz CT molecular complexity index is 1030. The molecule has 0 bridgehead atoms. The highest BCUT2D eigenvalue weighted by molar-refractivity contribution is 6.31. The molecule has 20 heavy (non-hydrogen) atoms. The van der Waals surface area contributed by atoms with Crippen LogP contribution in [0, 0.1) is 0 Å². The molecule has 0 unspecified atom stereocenters. The second-order valence-electron chi connectivity index (χ2n) is 4.89. The summed E-state index contributed by atoms with van der Waals surface area (Å²) >= 11 is 6.02. The minimum atomic E-state index is 0.0613. The van der Waals surface area contributed by atoms with Crippen molar-refractivity contribution in [1.29, 1.82) is 0 Å². The summed E-state index contributed by atoms with van der Waals surface area (Å²) in [7, 11) is 0. The number of halogens is 1. The van der Waals surface area contributed by atoms with E-state index >= 15 is 0 Å². The highest BCUT2D eigenvalue weighted by Crippen LogP contribution is 2.24. The van der Waals surface area contributed by atoms with Gasteiger partial charge >= 0.3 is 0 Å². The smallest absolute Gasteiger partial charge is 0.197 e. The molecule has 0 amide bonds. The van der Waals surface area contributed by atoms with Crippen LogP contribution in [0.25, 0.3) is 32.6 Å². The number of nitrogens with one attached hydrogen (secondary N) is 1. The lowest BCUT2D eigenvalue weighted by atomic mass is 10.0. The fraction of sp³-hybridized carbons (Fsp3) is 0. The summed E-state index contributed by atoms with van der Waals surface area (Å²) in [5.74, 6) is 0. The molecule has 96 valence electrons. The van der Waals surface area contributed by atoms with E-state index in [-0.39, 0.29) is 5.43 Å². The normalized spacial score (nSPS) is 11.4. The standard InChI is InChI=1S/C17H10ClNO/c18-12-6-5-10-8-14-16(9-11(10)7-12)19-15-4-2-1-3-13(15)17(14)20/h1-9H,(H,19,20). The van der Waals surface area contributed by atoms with Crippen molar-refractivity contribution in [2.45, 2.75) is 0 Å². The maximum atomic E-state index is 12.6. The molecule has 2 nitrogen and oxygen atoms in total.